The van der Waals surface area contributed by atoms with Gasteiger partial charge < -0.3 is 19.1 Å². The van der Waals surface area contributed by atoms with Crippen LogP contribution in [0.5, 0.6) is 5.75 Å². The van der Waals surface area contributed by atoms with Crippen molar-refractivity contribution in [3.8, 4) is 5.75 Å². The third kappa shape index (κ3) is 3.51. The summed E-state index contributed by atoms with van der Waals surface area (Å²) >= 11 is 0. The van der Waals surface area contributed by atoms with Crippen LogP contribution in [0.3, 0.4) is 0 Å². The van der Waals surface area contributed by atoms with E-state index in [0.29, 0.717) is 11.3 Å². The van der Waals surface area contributed by atoms with Gasteiger partial charge in [-0.15, -0.1) is 0 Å². The predicted molar refractivity (Wildman–Crippen MR) is 86.8 cm³/mol. The number of hydrogen-bond acceptors (Lipinski definition) is 4. The molecule has 5 nitrogen and oxygen atoms in total. The van der Waals surface area contributed by atoms with Crippen LogP contribution in [0, 0.1) is 0 Å². The molecule has 23 heavy (non-hydrogen) atoms. The number of rotatable bonds is 3. The molecule has 3 rings (SSSR count). The Morgan fingerprint density at radius 3 is 2.78 bits per heavy atom. The fourth-order valence-electron chi connectivity index (χ4n) is 3.59. The van der Waals surface area contributed by atoms with E-state index in [-0.39, 0.29) is 17.6 Å². The molecule has 0 aliphatic carbocycles. The van der Waals surface area contributed by atoms with Gasteiger partial charge in [0.15, 0.2) is 0 Å². The first-order valence-corrected chi connectivity index (χ1v) is 8.26. The first-order chi connectivity index (χ1) is 11.2. The molecule has 2 saturated heterocycles. The summed E-state index contributed by atoms with van der Waals surface area (Å²) in [6, 6.07) is 7.34. The number of methoxy groups -OCH3 is 2. The smallest absolute Gasteiger partial charge is 0.253 e. The molecule has 1 amide bonds. The number of piperidine rings is 1. The Kier molecular flexibility index (Phi) is 4.87. The molecular weight excluding hydrogens is 294 g/mol. The number of hydrogen-bond donors (Lipinski definition) is 0. The van der Waals surface area contributed by atoms with Crippen molar-refractivity contribution in [2.24, 2.45) is 0 Å². The van der Waals surface area contributed by atoms with E-state index in [2.05, 4.69) is 0 Å². The molecule has 1 spiro atoms. The SMILES string of the molecule is COc1cccc(C(=O)N2CCC3(CC2)CC(OC)CCO3)c1. The van der Waals surface area contributed by atoms with Crippen LogP contribution in [0.4, 0.5) is 0 Å². The summed E-state index contributed by atoms with van der Waals surface area (Å²) in [5, 5.41) is 0. The van der Waals surface area contributed by atoms with Crippen LogP contribution in [-0.4, -0.2) is 56.4 Å². The Labute approximate surface area is 137 Å². The topological polar surface area (TPSA) is 48.0 Å². The van der Waals surface area contributed by atoms with Crippen molar-refractivity contribution in [2.45, 2.75) is 37.4 Å². The third-order valence-corrected chi connectivity index (χ3v) is 5.06. The Bertz CT molecular complexity index is 552. The Morgan fingerprint density at radius 1 is 1.30 bits per heavy atom. The summed E-state index contributed by atoms with van der Waals surface area (Å²) in [5.74, 6) is 0.778. The van der Waals surface area contributed by atoms with E-state index in [9.17, 15) is 4.79 Å². The summed E-state index contributed by atoms with van der Waals surface area (Å²) in [6.07, 6.45) is 3.94. The van der Waals surface area contributed by atoms with Gasteiger partial charge in [0.2, 0.25) is 0 Å². The number of carbonyl (C=O) groups excluding carboxylic acids is 1. The normalized spacial score (nSPS) is 23.7. The van der Waals surface area contributed by atoms with Gasteiger partial charge in [0, 0.05) is 38.8 Å². The van der Waals surface area contributed by atoms with Gasteiger partial charge in [-0.2, -0.15) is 0 Å². The van der Waals surface area contributed by atoms with Crippen LogP contribution in [0.15, 0.2) is 24.3 Å². The summed E-state index contributed by atoms with van der Waals surface area (Å²) in [6.45, 7) is 2.21. The van der Waals surface area contributed by atoms with Gasteiger partial charge in [0.05, 0.1) is 18.8 Å². The number of carbonyl (C=O) groups is 1. The molecule has 2 fully saturated rings. The first kappa shape index (κ1) is 16.3. The van der Waals surface area contributed by atoms with E-state index in [1.54, 1.807) is 20.3 Å². The summed E-state index contributed by atoms with van der Waals surface area (Å²) < 4.78 is 16.8. The van der Waals surface area contributed by atoms with Crippen LogP contribution in [0.2, 0.25) is 0 Å². The fraction of sp³-hybridized carbons (Fsp3) is 0.611. The van der Waals surface area contributed by atoms with E-state index >= 15 is 0 Å². The second kappa shape index (κ2) is 6.89. The highest BCUT2D eigenvalue weighted by atomic mass is 16.5. The molecule has 0 radical (unpaired) electrons. The molecule has 0 aromatic heterocycles. The second-order valence-electron chi connectivity index (χ2n) is 6.41. The minimum Gasteiger partial charge on any atom is -0.497 e. The average molecular weight is 319 g/mol. The Balaban J connectivity index is 1.63. The van der Waals surface area contributed by atoms with Gasteiger partial charge in [-0.05, 0) is 37.5 Å². The lowest BCUT2D eigenvalue weighted by atomic mass is 9.83. The maximum Gasteiger partial charge on any atom is 0.253 e. The molecule has 1 atom stereocenters. The maximum atomic E-state index is 12.7. The molecule has 0 bridgehead atoms. The van der Waals surface area contributed by atoms with E-state index < -0.39 is 0 Å². The van der Waals surface area contributed by atoms with Crippen molar-refractivity contribution < 1.29 is 19.0 Å². The summed E-state index contributed by atoms with van der Waals surface area (Å²) in [4.78, 5) is 14.6. The number of benzene rings is 1. The maximum absolute atomic E-state index is 12.7. The van der Waals surface area contributed by atoms with Crippen molar-refractivity contribution in [2.75, 3.05) is 33.9 Å². The lowest BCUT2D eigenvalue weighted by molar-refractivity contribution is -0.146. The highest BCUT2D eigenvalue weighted by Crippen LogP contribution is 2.36. The average Bonchev–Trinajstić information content (AvgIpc) is 2.62. The van der Waals surface area contributed by atoms with Crippen LogP contribution in [0.25, 0.3) is 0 Å². The van der Waals surface area contributed by atoms with Crippen molar-refractivity contribution in [1.82, 2.24) is 4.90 Å². The van der Waals surface area contributed by atoms with Gasteiger partial charge >= 0.3 is 0 Å². The molecule has 2 heterocycles. The van der Waals surface area contributed by atoms with Crippen LogP contribution < -0.4 is 4.74 Å². The standard InChI is InChI=1S/C18H25NO4/c1-21-15-5-3-4-14(12-15)17(20)19-9-7-18(8-10-19)13-16(22-2)6-11-23-18/h3-5,12,16H,6-11,13H2,1-2H3. The molecule has 126 valence electrons. The minimum atomic E-state index is -0.107. The highest BCUT2D eigenvalue weighted by molar-refractivity contribution is 5.94. The zero-order chi connectivity index (χ0) is 16.3. The molecule has 1 unspecified atom stereocenters. The van der Waals surface area contributed by atoms with Gasteiger partial charge in [-0.25, -0.2) is 0 Å². The lowest BCUT2D eigenvalue weighted by Gasteiger charge is -2.45. The van der Waals surface area contributed by atoms with Crippen molar-refractivity contribution in [3.05, 3.63) is 29.8 Å². The molecule has 0 N–H and O–H groups in total. The quantitative estimate of drug-likeness (QED) is 0.859. The summed E-state index contributed by atoms with van der Waals surface area (Å²) in [7, 11) is 3.38. The predicted octanol–water partition coefficient (Wildman–Crippen LogP) is 2.50. The van der Waals surface area contributed by atoms with Crippen LogP contribution in [-0.2, 0) is 9.47 Å². The molecular formula is C18H25NO4. The van der Waals surface area contributed by atoms with Gasteiger partial charge in [-0.1, -0.05) is 6.07 Å². The zero-order valence-corrected chi connectivity index (χ0v) is 13.9. The number of likely N-dealkylation sites (tertiary alicyclic amines) is 1. The van der Waals surface area contributed by atoms with Crippen LogP contribution >= 0.6 is 0 Å². The molecule has 0 saturated carbocycles. The minimum absolute atomic E-state index is 0.0675. The Morgan fingerprint density at radius 2 is 2.09 bits per heavy atom. The number of amides is 1. The van der Waals surface area contributed by atoms with Gasteiger partial charge in [-0.3, -0.25) is 4.79 Å². The van der Waals surface area contributed by atoms with Crippen molar-refractivity contribution in [3.63, 3.8) is 0 Å². The first-order valence-electron chi connectivity index (χ1n) is 8.26. The second-order valence-corrected chi connectivity index (χ2v) is 6.41. The summed E-state index contributed by atoms with van der Waals surface area (Å²) in [5.41, 5.74) is 0.573. The molecule has 2 aliphatic rings. The van der Waals surface area contributed by atoms with E-state index in [1.165, 1.54) is 0 Å². The third-order valence-electron chi connectivity index (χ3n) is 5.06. The van der Waals surface area contributed by atoms with E-state index in [0.717, 1.165) is 45.4 Å². The molecule has 5 heteroatoms. The number of ether oxygens (including phenoxy) is 3. The molecule has 1 aromatic rings. The van der Waals surface area contributed by atoms with E-state index in [4.69, 9.17) is 14.2 Å². The van der Waals surface area contributed by atoms with E-state index in [1.807, 2.05) is 23.1 Å². The zero-order valence-electron chi connectivity index (χ0n) is 13.9. The van der Waals surface area contributed by atoms with Crippen molar-refractivity contribution in [1.29, 1.82) is 0 Å². The lowest BCUT2D eigenvalue weighted by Crippen LogP contribution is -2.51. The molecule has 1 aromatic carbocycles. The Hall–Kier alpha value is -1.59. The molecule has 2 aliphatic heterocycles. The number of nitrogens with zero attached hydrogens (tertiary/aromatic N) is 1. The van der Waals surface area contributed by atoms with Gasteiger partial charge in [0.25, 0.3) is 5.91 Å². The largest absolute Gasteiger partial charge is 0.497 e. The fourth-order valence-corrected chi connectivity index (χ4v) is 3.59. The van der Waals surface area contributed by atoms with Crippen molar-refractivity contribution >= 4 is 5.91 Å². The van der Waals surface area contributed by atoms with Crippen LogP contribution in [0.1, 0.15) is 36.0 Å². The monoisotopic (exact) mass is 319 g/mol. The van der Waals surface area contributed by atoms with Gasteiger partial charge in [0.1, 0.15) is 5.75 Å². The highest BCUT2D eigenvalue weighted by Gasteiger charge is 2.41.